The first-order chi connectivity index (χ1) is 9.60. The van der Waals surface area contributed by atoms with Crippen molar-refractivity contribution in [2.45, 2.75) is 33.4 Å². The molecular formula is C16H27N3O. The van der Waals surface area contributed by atoms with Crippen LogP contribution in [0, 0.1) is 0 Å². The predicted molar refractivity (Wildman–Crippen MR) is 84.0 cm³/mol. The molecule has 4 heteroatoms. The van der Waals surface area contributed by atoms with Gasteiger partial charge in [-0.15, -0.1) is 0 Å². The number of anilines is 1. The fourth-order valence-electron chi connectivity index (χ4n) is 2.70. The molecule has 1 saturated heterocycles. The highest BCUT2D eigenvalue weighted by Gasteiger charge is 2.19. The largest absolute Gasteiger partial charge is 0.494 e. The molecule has 20 heavy (non-hydrogen) atoms. The smallest absolute Gasteiger partial charge is 0.123 e. The van der Waals surface area contributed by atoms with Crippen molar-refractivity contribution in [2.75, 3.05) is 38.5 Å². The zero-order valence-corrected chi connectivity index (χ0v) is 12.9. The third kappa shape index (κ3) is 3.87. The molecule has 2 N–H and O–H groups in total. The van der Waals surface area contributed by atoms with Gasteiger partial charge in [0.2, 0.25) is 0 Å². The zero-order valence-electron chi connectivity index (χ0n) is 12.9. The van der Waals surface area contributed by atoms with Gasteiger partial charge in [-0.25, -0.2) is 0 Å². The summed E-state index contributed by atoms with van der Waals surface area (Å²) in [5, 5.41) is 0. The van der Waals surface area contributed by atoms with Gasteiger partial charge in [0.05, 0.1) is 6.61 Å². The van der Waals surface area contributed by atoms with E-state index in [1.54, 1.807) is 0 Å². The molecule has 0 aromatic heterocycles. The van der Waals surface area contributed by atoms with E-state index in [0.29, 0.717) is 12.6 Å². The Morgan fingerprint density at radius 2 is 1.90 bits per heavy atom. The lowest BCUT2D eigenvalue weighted by Gasteiger charge is -2.37. The Morgan fingerprint density at radius 3 is 2.50 bits per heavy atom. The van der Waals surface area contributed by atoms with Gasteiger partial charge < -0.3 is 10.5 Å². The summed E-state index contributed by atoms with van der Waals surface area (Å²) in [4.78, 5) is 5.01. The van der Waals surface area contributed by atoms with Crippen molar-refractivity contribution in [2.24, 2.45) is 0 Å². The molecule has 112 valence electrons. The minimum Gasteiger partial charge on any atom is -0.494 e. The van der Waals surface area contributed by atoms with Crippen molar-refractivity contribution < 1.29 is 4.74 Å². The first kappa shape index (κ1) is 15.1. The van der Waals surface area contributed by atoms with Gasteiger partial charge in [0.1, 0.15) is 5.75 Å². The van der Waals surface area contributed by atoms with Crippen LogP contribution in [0.3, 0.4) is 0 Å². The lowest BCUT2D eigenvalue weighted by Crippen LogP contribution is -2.48. The number of ether oxygens (including phenoxy) is 1. The Hall–Kier alpha value is -1.26. The molecule has 0 radical (unpaired) electrons. The van der Waals surface area contributed by atoms with E-state index in [9.17, 15) is 0 Å². The molecule has 0 spiro atoms. The SMILES string of the molecule is CCOc1ccc(N)cc1CN1CCN(C(C)C)CC1. The number of hydrogen-bond donors (Lipinski definition) is 1. The van der Waals surface area contributed by atoms with Crippen molar-refractivity contribution in [1.82, 2.24) is 9.80 Å². The number of benzene rings is 1. The summed E-state index contributed by atoms with van der Waals surface area (Å²) in [6.45, 7) is 12.7. The van der Waals surface area contributed by atoms with Gasteiger partial charge in [0.15, 0.2) is 0 Å². The molecule has 0 aliphatic carbocycles. The predicted octanol–water partition coefficient (Wildman–Crippen LogP) is 2.19. The minimum atomic E-state index is 0.642. The maximum atomic E-state index is 5.91. The maximum Gasteiger partial charge on any atom is 0.123 e. The second kappa shape index (κ2) is 6.95. The molecule has 0 atom stereocenters. The number of hydrogen-bond acceptors (Lipinski definition) is 4. The standard InChI is InChI=1S/C16H27N3O/c1-4-20-16-6-5-15(17)11-14(16)12-18-7-9-19(10-8-18)13(2)3/h5-6,11,13H,4,7-10,12,17H2,1-3H3. The van der Waals surface area contributed by atoms with Crippen LogP contribution in [-0.2, 0) is 6.54 Å². The summed E-state index contributed by atoms with van der Waals surface area (Å²) >= 11 is 0. The lowest BCUT2D eigenvalue weighted by atomic mass is 10.1. The van der Waals surface area contributed by atoms with E-state index in [4.69, 9.17) is 10.5 Å². The monoisotopic (exact) mass is 277 g/mol. The summed E-state index contributed by atoms with van der Waals surface area (Å²) in [5.41, 5.74) is 7.92. The molecule has 0 unspecified atom stereocenters. The van der Waals surface area contributed by atoms with E-state index < -0.39 is 0 Å². The number of nitrogens with two attached hydrogens (primary N) is 1. The second-order valence-corrected chi connectivity index (χ2v) is 5.71. The topological polar surface area (TPSA) is 41.7 Å². The minimum absolute atomic E-state index is 0.642. The van der Waals surface area contributed by atoms with Crippen LogP contribution >= 0.6 is 0 Å². The van der Waals surface area contributed by atoms with Gasteiger partial charge in [-0.2, -0.15) is 0 Å². The van der Waals surface area contributed by atoms with E-state index in [-0.39, 0.29) is 0 Å². The zero-order chi connectivity index (χ0) is 14.5. The third-order valence-electron chi connectivity index (χ3n) is 3.92. The summed E-state index contributed by atoms with van der Waals surface area (Å²) in [6, 6.07) is 6.58. The average Bonchev–Trinajstić information content (AvgIpc) is 2.42. The van der Waals surface area contributed by atoms with Gasteiger partial charge in [0, 0.05) is 50.0 Å². The normalized spacial score (nSPS) is 17.6. The van der Waals surface area contributed by atoms with Crippen LogP contribution in [0.4, 0.5) is 5.69 Å². The highest BCUT2D eigenvalue weighted by atomic mass is 16.5. The molecular weight excluding hydrogens is 250 g/mol. The van der Waals surface area contributed by atoms with Gasteiger partial charge in [0.25, 0.3) is 0 Å². The molecule has 0 bridgehead atoms. The molecule has 4 nitrogen and oxygen atoms in total. The van der Waals surface area contributed by atoms with Gasteiger partial charge >= 0.3 is 0 Å². The number of nitrogens with zero attached hydrogens (tertiary/aromatic N) is 2. The Labute approximate surface area is 122 Å². The molecule has 1 aliphatic heterocycles. The fourth-order valence-corrected chi connectivity index (χ4v) is 2.70. The molecule has 1 aromatic carbocycles. The third-order valence-corrected chi connectivity index (χ3v) is 3.92. The number of rotatable bonds is 5. The number of piperazine rings is 1. The van der Waals surface area contributed by atoms with Crippen LogP contribution in [0.2, 0.25) is 0 Å². The van der Waals surface area contributed by atoms with Crippen LogP contribution in [0.25, 0.3) is 0 Å². The molecule has 1 heterocycles. The Bertz CT molecular complexity index is 426. The molecule has 1 aromatic rings. The first-order valence-corrected chi connectivity index (χ1v) is 7.57. The van der Waals surface area contributed by atoms with E-state index in [0.717, 1.165) is 44.2 Å². The molecule has 1 fully saturated rings. The Morgan fingerprint density at radius 1 is 1.20 bits per heavy atom. The Kier molecular flexibility index (Phi) is 5.26. The van der Waals surface area contributed by atoms with Crippen molar-refractivity contribution >= 4 is 5.69 Å². The van der Waals surface area contributed by atoms with Gasteiger partial charge in [-0.3, -0.25) is 9.80 Å². The van der Waals surface area contributed by atoms with Crippen LogP contribution in [-0.4, -0.2) is 48.6 Å². The van der Waals surface area contributed by atoms with Gasteiger partial charge in [-0.1, -0.05) is 0 Å². The van der Waals surface area contributed by atoms with Crippen molar-refractivity contribution in [3.8, 4) is 5.75 Å². The van der Waals surface area contributed by atoms with Crippen molar-refractivity contribution in [3.63, 3.8) is 0 Å². The lowest BCUT2D eigenvalue weighted by molar-refractivity contribution is 0.103. The molecule has 0 amide bonds. The highest BCUT2D eigenvalue weighted by Crippen LogP contribution is 2.23. The number of nitrogen functional groups attached to an aromatic ring is 1. The van der Waals surface area contributed by atoms with E-state index >= 15 is 0 Å². The summed E-state index contributed by atoms with van der Waals surface area (Å²) in [6.07, 6.45) is 0. The first-order valence-electron chi connectivity index (χ1n) is 7.57. The summed E-state index contributed by atoms with van der Waals surface area (Å²) < 4.78 is 5.70. The highest BCUT2D eigenvalue weighted by molar-refractivity contribution is 5.47. The van der Waals surface area contributed by atoms with Crippen LogP contribution in [0.1, 0.15) is 26.3 Å². The van der Waals surface area contributed by atoms with E-state index in [2.05, 4.69) is 23.6 Å². The van der Waals surface area contributed by atoms with Crippen molar-refractivity contribution in [1.29, 1.82) is 0 Å². The van der Waals surface area contributed by atoms with E-state index in [1.165, 1.54) is 5.56 Å². The fraction of sp³-hybridized carbons (Fsp3) is 0.625. The van der Waals surface area contributed by atoms with E-state index in [1.807, 2.05) is 25.1 Å². The van der Waals surface area contributed by atoms with Crippen LogP contribution in [0.5, 0.6) is 5.75 Å². The molecule has 1 aliphatic rings. The van der Waals surface area contributed by atoms with Gasteiger partial charge in [-0.05, 0) is 39.0 Å². The second-order valence-electron chi connectivity index (χ2n) is 5.71. The van der Waals surface area contributed by atoms with Crippen LogP contribution < -0.4 is 10.5 Å². The molecule has 0 saturated carbocycles. The average molecular weight is 277 g/mol. The summed E-state index contributed by atoms with van der Waals surface area (Å²) in [5.74, 6) is 0.966. The van der Waals surface area contributed by atoms with Crippen LogP contribution in [0.15, 0.2) is 18.2 Å². The quantitative estimate of drug-likeness (QED) is 0.838. The molecule has 2 rings (SSSR count). The maximum absolute atomic E-state index is 5.91. The summed E-state index contributed by atoms with van der Waals surface area (Å²) in [7, 11) is 0. The van der Waals surface area contributed by atoms with Crippen molar-refractivity contribution in [3.05, 3.63) is 23.8 Å². The Balaban J connectivity index is 1.98.